The Bertz CT molecular complexity index is 220. The zero-order valence-electron chi connectivity index (χ0n) is 10.5. The Morgan fingerprint density at radius 1 is 1.41 bits per heavy atom. The summed E-state index contributed by atoms with van der Waals surface area (Å²) >= 11 is 0. The summed E-state index contributed by atoms with van der Waals surface area (Å²) < 4.78 is 41.3. The van der Waals surface area contributed by atoms with Crippen molar-refractivity contribution >= 4 is 0 Å². The van der Waals surface area contributed by atoms with Gasteiger partial charge in [0.25, 0.3) is 0 Å². The molecule has 0 aromatic heterocycles. The molecule has 0 bridgehead atoms. The lowest BCUT2D eigenvalue weighted by Gasteiger charge is -2.19. The number of halogens is 3. The molecule has 1 heterocycles. The lowest BCUT2D eigenvalue weighted by Crippen LogP contribution is -2.33. The van der Waals surface area contributed by atoms with Crippen LogP contribution < -0.4 is 5.32 Å². The van der Waals surface area contributed by atoms with Crippen molar-refractivity contribution < 1.29 is 17.9 Å². The van der Waals surface area contributed by atoms with Gasteiger partial charge in [0.2, 0.25) is 0 Å². The number of alkyl halides is 3. The van der Waals surface area contributed by atoms with Crippen LogP contribution in [0.15, 0.2) is 0 Å². The molecule has 0 spiro atoms. The molecule has 3 atom stereocenters. The van der Waals surface area contributed by atoms with Gasteiger partial charge >= 0.3 is 6.18 Å². The van der Waals surface area contributed by atoms with Crippen LogP contribution in [-0.4, -0.2) is 31.5 Å². The van der Waals surface area contributed by atoms with Gasteiger partial charge in [-0.15, -0.1) is 0 Å². The molecular formula is C12H22F3NO. The summed E-state index contributed by atoms with van der Waals surface area (Å²) in [4.78, 5) is 0. The number of ether oxygens (including phenoxy) is 1. The zero-order chi connectivity index (χ0) is 12.9. The molecule has 1 saturated heterocycles. The molecule has 0 aromatic carbocycles. The second kappa shape index (κ2) is 6.59. The minimum absolute atomic E-state index is 0.144. The molecule has 0 aliphatic carbocycles. The van der Waals surface area contributed by atoms with E-state index in [1.165, 1.54) is 0 Å². The van der Waals surface area contributed by atoms with Crippen LogP contribution >= 0.6 is 0 Å². The third kappa shape index (κ3) is 6.27. The zero-order valence-corrected chi connectivity index (χ0v) is 10.5. The van der Waals surface area contributed by atoms with Gasteiger partial charge in [-0.2, -0.15) is 13.2 Å². The van der Waals surface area contributed by atoms with E-state index in [2.05, 4.69) is 5.32 Å². The second-order valence-corrected chi connectivity index (χ2v) is 4.94. The summed E-state index contributed by atoms with van der Waals surface area (Å²) in [5.74, 6) is 0.500. The Kier molecular flexibility index (Phi) is 5.73. The minimum Gasteiger partial charge on any atom is -0.378 e. The van der Waals surface area contributed by atoms with Crippen molar-refractivity contribution in [3.05, 3.63) is 0 Å². The van der Waals surface area contributed by atoms with Gasteiger partial charge in [0.15, 0.2) is 0 Å². The van der Waals surface area contributed by atoms with Crippen LogP contribution in [-0.2, 0) is 4.74 Å². The molecule has 102 valence electrons. The largest absolute Gasteiger partial charge is 0.389 e. The van der Waals surface area contributed by atoms with E-state index >= 15 is 0 Å². The van der Waals surface area contributed by atoms with Crippen molar-refractivity contribution in [2.24, 2.45) is 5.92 Å². The molecule has 0 radical (unpaired) electrons. The fourth-order valence-corrected chi connectivity index (χ4v) is 2.11. The van der Waals surface area contributed by atoms with Gasteiger partial charge < -0.3 is 10.1 Å². The SMILES string of the molecule is CC(CCCC(F)(F)F)NCC1CCOC1C. The standard InChI is InChI=1S/C12H22F3NO/c1-9(4-3-6-12(13,14)15)16-8-11-5-7-17-10(11)2/h9-11,16H,3-8H2,1-2H3. The van der Waals surface area contributed by atoms with Crippen molar-refractivity contribution in [3.8, 4) is 0 Å². The molecule has 3 unspecified atom stereocenters. The molecule has 1 rings (SSSR count). The molecule has 1 N–H and O–H groups in total. The summed E-state index contributed by atoms with van der Waals surface area (Å²) in [5.41, 5.74) is 0. The molecule has 2 nitrogen and oxygen atoms in total. The van der Waals surface area contributed by atoms with E-state index in [-0.39, 0.29) is 18.6 Å². The highest BCUT2D eigenvalue weighted by Gasteiger charge is 2.27. The third-order valence-corrected chi connectivity index (χ3v) is 3.36. The molecular weight excluding hydrogens is 231 g/mol. The quantitative estimate of drug-likeness (QED) is 0.785. The molecule has 1 aliphatic rings. The Balaban J connectivity index is 2.07. The summed E-state index contributed by atoms with van der Waals surface area (Å²) in [5, 5.41) is 3.29. The smallest absolute Gasteiger partial charge is 0.378 e. The fourth-order valence-electron chi connectivity index (χ4n) is 2.11. The Hall–Kier alpha value is -0.290. The van der Waals surface area contributed by atoms with Crippen LogP contribution in [0.25, 0.3) is 0 Å². The third-order valence-electron chi connectivity index (χ3n) is 3.36. The lowest BCUT2D eigenvalue weighted by molar-refractivity contribution is -0.135. The van der Waals surface area contributed by atoms with Gasteiger partial charge in [-0.3, -0.25) is 0 Å². The molecule has 0 amide bonds. The maximum Gasteiger partial charge on any atom is 0.389 e. The van der Waals surface area contributed by atoms with E-state index in [1.807, 2.05) is 13.8 Å². The average Bonchev–Trinajstić information content (AvgIpc) is 2.59. The molecule has 0 aromatic rings. The predicted molar refractivity (Wildman–Crippen MR) is 60.9 cm³/mol. The Morgan fingerprint density at radius 3 is 2.65 bits per heavy atom. The van der Waals surface area contributed by atoms with Gasteiger partial charge in [-0.25, -0.2) is 0 Å². The van der Waals surface area contributed by atoms with E-state index < -0.39 is 12.6 Å². The van der Waals surface area contributed by atoms with Crippen LogP contribution in [0.4, 0.5) is 13.2 Å². The van der Waals surface area contributed by atoms with Crippen molar-refractivity contribution in [1.82, 2.24) is 5.32 Å². The van der Waals surface area contributed by atoms with Crippen molar-refractivity contribution in [3.63, 3.8) is 0 Å². The predicted octanol–water partition coefficient (Wildman–Crippen LogP) is 3.12. The molecule has 5 heteroatoms. The first-order valence-corrected chi connectivity index (χ1v) is 6.30. The monoisotopic (exact) mass is 253 g/mol. The van der Waals surface area contributed by atoms with Crippen LogP contribution in [0.1, 0.15) is 39.5 Å². The highest BCUT2D eigenvalue weighted by atomic mass is 19.4. The summed E-state index contributed by atoms with van der Waals surface area (Å²) in [6.07, 6.45) is -2.61. The van der Waals surface area contributed by atoms with E-state index in [4.69, 9.17) is 4.74 Å². The van der Waals surface area contributed by atoms with E-state index in [0.717, 1.165) is 19.6 Å². The number of hydrogen-bond acceptors (Lipinski definition) is 2. The number of nitrogens with one attached hydrogen (secondary N) is 1. The average molecular weight is 253 g/mol. The minimum atomic E-state index is -4.02. The number of hydrogen-bond donors (Lipinski definition) is 1. The van der Waals surface area contributed by atoms with E-state index in [0.29, 0.717) is 12.3 Å². The van der Waals surface area contributed by atoms with Crippen molar-refractivity contribution in [1.29, 1.82) is 0 Å². The molecule has 0 saturated carbocycles. The molecule has 1 aliphatic heterocycles. The first kappa shape index (κ1) is 14.8. The second-order valence-electron chi connectivity index (χ2n) is 4.94. The van der Waals surface area contributed by atoms with Crippen LogP contribution in [0.2, 0.25) is 0 Å². The maximum atomic E-state index is 12.0. The summed E-state index contributed by atoms with van der Waals surface area (Å²) in [6, 6.07) is 0.144. The van der Waals surface area contributed by atoms with Gasteiger partial charge in [0.05, 0.1) is 6.10 Å². The number of rotatable bonds is 6. The lowest BCUT2D eigenvalue weighted by atomic mass is 10.0. The Labute approximate surface area is 101 Å². The molecule has 1 fully saturated rings. The fraction of sp³-hybridized carbons (Fsp3) is 1.00. The summed E-state index contributed by atoms with van der Waals surface area (Å²) in [6.45, 7) is 5.63. The highest BCUT2D eigenvalue weighted by molar-refractivity contribution is 4.76. The van der Waals surface area contributed by atoms with Gasteiger partial charge in [-0.05, 0) is 39.0 Å². The van der Waals surface area contributed by atoms with Crippen LogP contribution in [0, 0.1) is 5.92 Å². The molecule has 17 heavy (non-hydrogen) atoms. The first-order chi connectivity index (χ1) is 7.88. The van der Waals surface area contributed by atoms with E-state index in [1.54, 1.807) is 0 Å². The normalized spacial score (nSPS) is 27.4. The van der Waals surface area contributed by atoms with Crippen molar-refractivity contribution in [2.45, 2.75) is 57.9 Å². The van der Waals surface area contributed by atoms with Gasteiger partial charge in [-0.1, -0.05) is 0 Å². The van der Waals surface area contributed by atoms with Crippen LogP contribution in [0.3, 0.4) is 0 Å². The summed E-state index contributed by atoms with van der Waals surface area (Å²) in [7, 11) is 0. The van der Waals surface area contributed by atoms with Gasteiger partial charge in [0.1, 0.15) is 0 Å². The Morgan fingerprint density at radius 2 is 2.12 bits per heavy atom. The van der Waals surface area contributed by atoms with E-state index in [9.17, 15) is 13.2 Å². The van der Waals surface area contributed by atoms with Crippen LogP contribution in [0.5, 0.6) is 0 Å². The van der Waals surface area contributed by atoms with Gasteiger partial charge in [0, 0.05) is 25.6 Å². The first-order valence-electron chi connectivity index (χ1n) is 6.30. The maximum absolute atomic E-state index is 12.0. The highest BCUT2D eigenvalue weighted by Crippen LogP contribution is 2.23. The topological polar surface area (TPSA) is 21.3 Å². The van der Waals surface area contributed by atoms with Crippen molar-refractivity contribution in [2.75, 3.05) is 13.2 Å².